The first-order chi connectivity index (χ1) is 5.94. The molecular weight excluding hydrogens is 158 g/mol. The summed E-state index contributed by atoms with van der Waals surface area (Å²) in [7, 11) is 0. The summed E-state index contributed by atoms with van der Waals surface area (Å²) in [5.74, 6) is 0.872. The molecule has 1 fully saturated rings. The summed E-state index contributed by atoms with van der Waals surface area (Å²) in [6.07, 6.45) is 2.61. The molecule has 0 spiro atoms. The van der Waals surface area contributed by atoms with Gasteiger partial charge in [-0.1, -0.05) is 41.0 Å². The van der Waals surface area contributed by atoms with Crippen LogP contribution in [0.15, 0.2) is 0 Å². The van der Waals surface area contributed by atoms with E-state index in [0.29, 0.717) is 10.8 Å². The van der Waals surface area contributed by atoms with E-state index in [0.717, 1.165) is 5.92 Å². The van der Waals surface area contributed by atoms with Crippen LogP contribution < -0.4 is 5.32 Å². The first-order valence-corrected chi connectivity index (χ1v) is 5.65. The van der Waals surface area contributed by atoms with Gasteiger partial charge in [0.05, 0.1) is 0 Å². The van der Waals surface area contributed by atoms with Gasteiger partial charge in [0.1, 0.15) is 0 Å². The van der Waals surface area contributed by atoms with E-state index in [9.17, 15) is 0 Å². The molecule has 0 radical (unpaired) electrons. The lowest BCUT2D eigenvalue weighted by Gasteiger charge is -2.04. The summed E-state index contributed by atoms with van der Waals surface area (Å²) in [6.45, 7) is 14.2. The van der Waals surface area contributed by atoms with Crippen molar-refractivity contribution in [1.29, 1.82) is 0 Å². The zero-order chi connectivity index (χ0) is 10.1. The Kier molecular flexibility index (Phi) is 3.06. The van der Waals surface area contributed by atoms with Gasteiger partial charge in [0.25, 0.3) is 0 Å². The van der Waals surface area contributed by atoms with Crippen molar-refractivity contribution in [2.24, 2.45) is 16.7 Å². The summed E-state index contributed by atoms with van der Waals surface area (Å²) in [6, 6.07) is 0. The fourth-order valence-electron chi connectivity index (χ4n) is 2.39. The lowest BCUT2D eigenvalue weighted by molar-refractivity contribution is 0.457. The molecule has 1 aliphatic rings. The van der Waals surface area contributed by atoms with Crippen LogP contribution in [-0.2, 0) is 0 Å². The number of hydrogen-bond acceptors (Lipinski definition) is 1. The average molecular weight is 183 g/mol. The standard InChI is InChI=1S/C12H25N/c1-6-7-8-13-9-10-11(2,3)12(10,4)5/h10,13H,6-9H2,1-5H3. The van der Waals surface area contributed by atoms with Gasteiger partial charge < -0.3 is 5.32 Å². The van der Waals surface area contributed by atoms with Gasteiger partial charge in [0, 0.05) is 0 Å². The molecule has 0 saturated heterocycles. The minimum atomic E-state index is 0.548. The molecule has 0 amide bonds. The Morgan fingerprint density at radius 3 is 2.00 bits per heavy atom. The highest BCUT2D eigenvalue weighted by molar-refractivity contribution is 5.12. The molecular formula is C12H25N. The van der Waals surface area contributed by atoms with Crippen molar-refractivity contribution in [2.75, 3.05) is 13.1 Å². The third kappa shape index (κ3) is 1.90. The van der Waals surface area contributed by atoms with Crippen LogP contribution in [0.4, 0.5) is 0 Å². The van der Waals surface area contributed by atoms with Crippen LogP contribution in [0.5, 0.6) is 0 Å². The highest BCUT2D eigenvalue weighted by Crippen LogP contribution is 2.67. The second kappa shape index (κ2) is 3.61. The second-order valence-corrected chi connectivity index (χ2v) is 5.55. The van der Waals surface area contributed by atoms with Crippen LogP contribution in [0.1, 0.15) is 47.5 Å². The monoisotopic (exact) mass is 183 g/mol. The maximum absolute atomic E-state index is 3.56. The fraction of sp³-hybridized carbons (Fsp3) is 1.00. The molecule has 0 aromatic rings. The Morgan fingerprint density at radius 2 is 1.62 bits per heavy atom. The van der Waals surface area contributed by atoms with Crippen molar-refractivity contribution in [1.82, 2.24) is 5.32 Å². The van der Waals surface area contributed by atoms with E-state index in [1.165, 1.54) is 25.9 Å². The Hall–Kier alpha value is -0.0400. The van der Waals surface area contributed by atoms with Crippen LogP contribution in [0.2, 0.25) is 0 Å². The highest BCUT2D eigenvalue weighted by atomic mass is 14.9. The molecule has 1 aliphatic carbocycles. The van der Waals surface area contributed by atoms with Crippen molar-refractivity contribution in [3.8, 4) is 0 Å². The topological polar surface area (TPSA) is 12.0 Å². The van der Waals surface area contributed by atoms with E-state index in [1.54, 1.807) is 0 Å². The molecule has 0 heterocycles. The second-order valence-electron chi connectivity index (χ2n) is 5.55. The van der Waals surface area contributed by atoms with E-state index in [2.05, 4.69) is 39.9 Å². The Morgan fingerprint density at radius 1 is 1.08 bits per heavy atom. The number of hydrogen-bond donors (Lipinski definition) is 1. The normalized spacial score (nSPS) is 24.7. The van der Waals surface area contributed by atoms with Crippen molar-refractivity contribution in [3.63, 3.8) is 0 Å². The molecule has 1 nitrogen and oxygen atoms in total. The lowest BCUT2D eigenvalue weighted by atomic mass is 10.0. The zero-order valence-electron chi connectivity index (χ0n) is 9.91. The highest BCUT2D eigenvalue weighted by Gasteiger charge is 2.63. The third-order valence-corrected chi connectivity index (χ3v) is 4.38. The minimum absolute atomic E-state index is 0.548. The van der Waals surface area contributed by atoms with Gasteiger partial charge in [-0.3, -0.25) is 0 Å². The van der Waals surface area contributed by atoms with Gasteiger partial charge in [0.15, 0.2) is 0 Å². The zero-order valence-corrected chi connectivity index (χ0v) is 9.91. The van der Waals surface area contributed by atoms with Crippen LogP contribution in [0.3, 0.4) is 0 Å². The predicted octanol–water partition coefficient (Wildman–Crippen LogP) is 3.06. The fourth-order valence-corrected chi connectivity index (χ4v) is 2.39. The molecule has 0 bridgehead atoms. The van der Waals surface area contributed by atoms with Gasteiger partial charge in [-0.2, -0.15) is 0 Å². The molecule has 0 aromatic heterocycles. The van der Waals surface area contributed by atoms with Crippen molar-refractivity contribution in [3.05, 3.63) is 0 Å². The lowest BCUT2D eigenvalue weighted by Crippen LogP contribution is -2.20. The van der Waals surface area contributed by atoms with Crippen LogP contribution in [0.25, 0.3) is 0 Å². The molecule has 0 unspecified atom stereocenters. The Balaban J connectivity index is 2.19. The quantitative estimate of drug-likeness (QED) is 0.646. The molecule has 1 saturated carbocycles. The molecule has 0 atom stereocenters. The molecule has 78 valence electrons. The van der Waals surface area contributed by atoms with Crippen LogP contribution >= 0.6 is 0 Å². The predicted molar refractivity (Wildman–Crippen MR) is 58.8 cm³/mol. The average Bonchev–Trinajstić information content (AvgIpc) is 2.39. The summed E-state index contributed by atoms with van der Waals surface area (Å²) in [5.41, 5.74) is 1.10. The maximum Gasteiger partial charge on any atom is -0.000989 e. The molecule has 1 N–H and O–H groups in total. The Bertz CT molecular complexity index is 156. The van der Waals surface area contributed by atoms with E-state index in [4.69, 9.17) is 0 Å². The minimum Gasteiger partial charge on any atom is -0.316 e. The van der Waals surface area contributed by atoms with Gasteiger partial charge >= 0.3 is 0 Å². The third-order valence-electron chi connectivity index (χ3n) is 4.38. The van der Waals surface area contributed by atoms with Gasteiger partial charge in [-0.05, 0) is 36.3 Å². The molecule has 0 aromatic carbocycles. The van der Waals surface area contributed by atoms with E-state index in [-0.39, 0.29) is 0 Å². The van der Waals surface area contributed by atoms with Crippen LogP contribution in [-0.4, -0.2) is 13.1 Å². The van der Waals surface area contributed by atoms with Gasteiger partial charge in [0.2, 0.25) is 0 Å². The van der Waals surface area contributed by atoms with Gasteiger partial charge in [-0.15, -0.1) is 0 Å². The molecule has 1 heteroatoms. The van der Waals surface area contributed by atoms with Crippen LogP contribution in [0, 0.1) is 16.7 Å². The SMILES string of the molecule is CCCCNCC1C(C)(C)C1(C)C. The summed E-state index contributed by atoms with van der Waals surface area (Å²) in [4.78, 5) is 0. The number of unbranched alkanes of at least 4 members (excludes halogenated alkanes) is 1. The number of rotatable bonds is 5. The summed E-state index contributed by atoms with van der Waals surface area (Å²) >= 11 is 0. The Labute approximate surface area is 83.3 Å². The number of nitrogens with one attached hydrogen (secondary N) is 1. The van der Waals surface area contributed by atoms with Crippen molar-refractivity contribution < 1.29 is 0 Å². The molecule has 13 heavy (non-hydrogen) atoms. The van der Waals surface area contributed by atoms with Gasteiger partial charge in [-0.25, -0.2) is 0 Å². The largest absolute Gasteiger partial charge is 0.316 e. The maximum atomic E-state index is 3.56. The smallest absolute Gasteiger partial charge is 0.000989 e. The van der Waals surface area contributed by atoms with E-state index < -0.39 is 0 Å². The van der Waals surface area contributed by atoms with E-state index in [1.807, 2.05) is 0 Å². The molecule has 1 rings (SSSR count). The summed E-state index contributed by atoms with van der Waals surface area (Å²) in [5, 5.41) is 3.56. The molecule has 0 aliphatic heterocycles. The summed E-state index contributed by atoms with van der Waals surface area (Å²) < 4.78 is 0. The van der Waals surface area contributed by atoms with E-state index >= 15 is 0 Å². The van der Waals surface area contributed by atoms with Crippen molar-refractivity contribution >= 4 is 0 Å². The van der Waals surface area contributed by atoms with Crippen molar-refractivity contribution in [2.45, 2.75) is 47.5 Å². The first kappa shape index (κ1) is 11.0. The first-order valence-electron chi connectivity index (χ1n) is 5.65.